The van der Waals surface area contributed by atoms with Gasteiger partial charge in [0.05, 0.1) is 12.0 Å². The molecule has 2 rings (SSSR count). The van der Waals surface area contributed by atoms with E-state index >= 15 is 0 Å². The first-order chi connectivity index (χ1) is 7.20. The molecule has 1 saturated heterocycles. The minimum atomic E-state index is 0.149. The Kier molecular flexibility index (Phi) is 2.70. The highest BCUT2D eigenvalue weighted by Gasteiger charge is 2.26. The summed E-state index contributed by atoms with van der Waals surface area (Å²) in [6.07, 6.45) is 2.84. The lowest BCUT2D eigenvalue weighted by Gasteiger charge is -2.13. The van der Waals surface area contributed by atoms with Crippen LogP contribution in [0.5, 0.6) is 0 Å². The lowest BCUT2D eigenvalue weighted by Crippen LogP contribution is -2.14. The highest BCUT2D eigenvalue weighted by molar-refractivity contribution is 5.29. The van der Waals surface area contributed by atoms with Crippen LogP contribution in [0, 0.1) is 31.1 Å². The molecule has 0 amide bonds. The summed E-state index contributed by atoms with van der Waals surface area (Å²) in [6, 6.07) is 4.71. The van der Waals surface area contributed by atoms with E-state index < -0.39 is 0 Å². The second kappa shape index (κ2) is 4.00. The van der Waals surface area contributed by atoms with Gasteiger partial charge >= 0.3 is 0 Å². The van der Waals surface area contributed by atoms with Gasteiger partial charge in [0.2, 0.25) is 0 Å². The second-order valence-corrected chi connectivity index (χ2v) is 4.20. The van der Waals surface area contributed by atoms with Gasteiger partial charge < -0.3 is 5.32 Å². The average molecular weight is 201 g/mol. The van der Waals surface area contributed by atoms with Gasteiger partial charge in [-0.05, 0) is 37.5 Å². The third-order valence-electron chi connectivity index (χ3n) is 2.98. The molecule has 15 heavy (non-hydrogen) atoms. The predicted octanol–water partition coefficient (Wildman–Crippen LogP) is 1.87. The SMILES string of the molecule is Cc1cc(C)c(C2CC(C#N)CN2)cn1. The maximum Gasteiger partial charge on any atom is 0.0669 e. The van der Waals surface area contributed by atoms with Crippen molar-refractivity contribution < 1.29 is 0 Å². The fraction of sp³-hybridized carbons (Fsp3) is 0.500. The van der Waals surface area contributed by atoms with Crippen molar-refractivity contribution in [1.82, 2.24) is 10.3 Å². The predicted molar refractivity (Wildman–Crippen MR) is 58.2 cm³/mol. The summed E-state index contributed by atoms with van der Waals surface area (Å²) in [5.41, 5.74) is 3.54. The standard InChI is InChI=1S/C12H15N3/c1-8-3-9(2)14-7-11(8)12-4-10(5-13)6-15-12/h3,7,10,12,15H,4,6H2,1-2H3. The normalized spacial score (nSPS) is 25.1. The molecule has 3 nitrogen and oxygen atoms in total. The van der Waals surface area contributed by atoms with Crippen LogP contribution in [0.25, 0.3) is 0 Å². The van der Waals surface area contributed by atoms with E-state index in [1.807, 2.05) is 13.1 Å². The molecule has 0 saturated carbocycles. The van der Waals surface area contributed by atoms with Crippen molar-refractivity contribution in [2.24, 2.45) is 5.92 Å². The second-order valence-electron chi connectivity index (χ2n) is 4.20. The van der Waals surface area contributed by atoms with E-state index in [4.69, 9.17) is 5.26 Å². The molecule has 0 spiro atoms. The first-order valence-corrected chi connectivity index (χ1v) is 5.27. The zero-order valence-corrected chi connectivity index (χ0v) is 9.12. The summed E-state index contributed by atoms with van der Waals surface area (Å²) in [4.78, 5) is 4.31. The Balaban J connectivity index is 2.21. The van der Waals surface area contributed by atoms with Crippen molar-refractivity contribution in [2.75, 3.05) is 6.54 Å². The Hall–Kier alpha value is -1.40. The molecule has 3 heteroatoms. The largest absolute Gasteiger partial charge is 0.309 e. The summed E-state index contributed by atoms with van der Waals surface area (Å²) in [5.74, 6) is 0.149. The monoisotopic (exact) mass is 201 g/mol. The molecule has 1 N–H and O–H groups in total. The topological polar surface area (TPSA) is 48.7 Å². The molecule has 0 aromatic carbocycles. The molecule has 0 bridgehead atoms. The first kappa shape index (κ1) is 10.1. The number of hydrogen-bond acceptors (Lipinski definition) is 3. The van der Waals surface area contributed by atoms with Crippen molar-refractivity contribution in [3.05, 3.63) is 29.1 Å². The van der Waals surface area contributed by atoms with Crippen molar-refractivity contribution in [3.8, 4) is 6.07 Å². The number of nitriles is 1. The van der Waals surface area contributed by atoms with Gasteiger partial charge in [0, 0.05) is 24.5 Å². The number of nitrogens with one attached hydrogen (secondary N) is 1. The Labute approximate surface area is 90.1 Å². The summed E-state index contributed by atoms with van der Waals surface area (Å²) in [5, 5.41) is 12.2. The van der Waals surface area contributed by atoms with Crippen molar-refractivity contribution in [3.63, 3.8) is 0 Å². The molecule has 1 aliphatic heterocycles. The third kappa shape index (κ3) is 2.00. The number of rotatable bonds is 1. The number of aromatic nitrogens is 1. The third-order valence-corrected chi connectivity index (χ3v) is 2.98. The minimum absolute atomic E-state index is 0.149. The van der Waals surface area contributed by atoms with Crippen LogP contribution in [0.1, 0.15) is 29.3 Å². The van der Waals surface area contributed by atoms with Gasteiger partial charge in [0.15, 0.2) is 0 Å². The van der Waals surface area contributed by atoms with E-state index in [2.05, 4.69) is 29.4 Å². The van der Waals surface area contributed by atoms with E-state index in [-0.39, 0.29) is 5.92 Å². The average Bonchev–Trinajstić information content (AvgIpc) is 2.66. The molecule has 1 aromatic heterocycles. The highest BCUT2D eigenvalue weighted by Crippen LogP contribution is 2.28. The molecule has 2 atom stereocenters. The molecule has 78 valence electrons. The van der Waals surface area contributed by atoms with Crippen LogP contribution in [-0.4, -0.2) is 11.5 Å². The van der Waals surface area contributed by atoms with E-state index in [1.165, 1.54) is 11.1 Å². The lowest BCUT2D eigenvalue weighted by atomic mass is 9.98. The molecule has 1 fully saturated rings. The highest BCUT2D eigenvalue weighted by atomic mass is 15.0. The van der Waals surface area contributed by atoms with Crippen LogP contribution in [0.4, 0.5) is 0 Å². The van der Waals surface area contributed by atoms with Crippen molar-refractivity contribution in [2.45, 2.75) is 26.3 Å². The molecular formula is C12H15N3. The maximum atomic E-state index is 8.84. The Morgan fingerprint density at radius 3 is 2.93 bits per heavy atom. The summed E-state index contributed by atoms with van der Waals surface area (Å²) >= 11 is 0. The molecule has 1 aliphatic rings. The van der Waals surface area contributed by atoms with Crippen LogP contribution in [0.3, 0.4) is 0 Å². The van der Waals surface area contributed by atoms with Crippen LogP contribution in [0.15, 0.2) is 12.3 Å². The number of aryl methyl sites for hydroxylation is 2. The smallest absolute Gasteiger partial charge is 0.0669 e. The Morgan fingerprint density at radius 2 is 2.33 bits per heavy atom. The zero-order valence-electron chi connectivity index (χ0n) is 9.12. The van der Waals surface area contributed by atoms with Gasteiger partial charge in [-0.3, -0.25) is 4.98 Å². The van der Waals surface area contributed by atoms with Gasteiger partial charge in [-0.2, -0.15) is 5.26 Å². The van der Waals surface area contributed by atoms with Crippen LogP contribution >= 0.6 is 0 Å². The molecule has 2 unspecified atom stereocenters. The van der Waals surface area contributed by atoms with E-state index in [0.29, 0.717) is 6.04 Å². The van der Waals surface area contributed by atoms with E-state index in [9.17, 15) is 0 Å². The first-order valence-electron chi connectivity index (χ1n) is 5.27. The number of hydrogen-bond donors (Lipinski definition) is 1. The fourth-order valence-electron chi connectivity index (χ4n) is 2.14. The van der Waals surface area contributed by atoms with Gasteiger partial charge in [0.1, 0.15) is 0 Å². The number of nitrogens with zero attached hydrogens (tertiary/aromatic N) is 2. The summed E-state index contributed by atoms with van der Waals surface area (Å²) in [7, 11) is 0. The molecule has 1 aromatic rings. The molecular weight excluding hydrogens is 186 g/mol. The van der Waals surface area contributed by atoms with Gasteiger partial charge in [-0.1, -0.05) is 0 Å². The fourth-order valence-corrected chi connectivity index (χ4v) is 2.14. The zero-order chi connectivity index (χ0) is 10.8. The summed E-state index contributed by atoms with van der Waals surface area (Å²) in [6.45, 7) is 4.90. The van der Waals surface area contributed by atoms with Crippen molar-refractivity contribution in [1.29, 1.82) is 5.26 Å². The van der Waals surface area contributed by atoms with E-state index in [1.54, 1.807) is 0 Å². The molecule has 2 heterocycles. The molecule has 0 aliphatic carbocycles. The van der Waals surface area contributed by atoms with E-state index in [0.717, 1.165) is 18.7 Å². The van der Waals surface area contributed by atoms with Crippen molar-refractivity contribution >= 4 is 0 Å². The summed E-state index contributed by atoms with van der Waals surface area (Å²) < 4.78 is 0. The molecule has 0 radical (unpaired) electrons. The number of pyridine rings is 1. The lowest BCUT2D eigenvalue weighted by molar-refractivity contribution is 0.632. The van der Waals surface area contributed by atoms with Crippen LogP contribution < -0.4 is 5.32 Å². The van der Waals surface area contributed by atoms with Crippen LogP contribution in [0.2, 0.25) is 0 Å². The van der Waals surface area contributed by atoms with Gasteiger partial charge in [-0.15, -0.1) is 0 Å². The van der Waals surface area contributed by atoms with Gasteiger partial charge in [-0.25, -0.2) is 0 Å². The van der Waals surface area contributed by atoms with Gasteiger partial charge in [0.25, 0.3) is 0 Å². The quantitative estimate of drug-likeness (QED) is 0.754. The van der Waals surface area contributed by atoms with Crippen LogP contribution in [-0.2, 0) is 0 Å². The minimum Gasteiger partial charge on any atom is -0.309 e. The Morgan fingerprint density at radius 1 is 1.53 bits per heavy atom. The Bertz CT molecular complexity index is 406. The maximum absolute atomic E-state index is 8.84.